The number of benzene rings is 2. The van der Waals surface area contributed by atoms with Gasteiger partial charge in [0.05, 0.1) is 24.2 Å². The summed E-state index contributed by atoms with van der Waals surface area (Å²) >= 11 is 0. The molecule has 2 fully saturated rings. The molecule has 1 aliphatic heterocycles. The number of nitrogens with zero attached hydrogens (tertiary/aromatic N) is 4. The van der Waals surface area contributed by atoms with Crippen LogP contribution in [0.25, 0.3) is 0 Å². The first-order valence-corrected chi connectivity index (χ1v) is 13.3. The summed E-state index contributed by atoms with van der Waals surface area (Å²) in [4.78, 5) is 15.0. The number of aromatic nitrogens is 3. The molecule has 0 radical (unpaired) electrons. The van der Waals surface area contributed by atoms with Gasteiger partial charge in [-0.2, -0.15) is 13.2 Å². The third kappa shape index (κ3) is 4.33. The van der Waals surface area contributed by atoms with Crippen LogP contribution < -0.4 is 10.2 Å². The Kier molecular flexibility index (Phi) is 6.09. The number of hydrogen-bond acceptors (Lipinski definition) is 4. The molecule has 1 N–H and O–H groups in total. The van der Waals surface area contributed by atoms with E-state index in [2.05, 4.69) is 22.4 Å². The fraction of sp³-hybridized carbons (Fsp3) is 0.483. The summed E-state index contributed by atoms with van der Waals surface area (Å²) in [5.41, 5.74) is 0.494. The minimum atomic E-state index is -4.58. The quantitative estimate of drug-likeness (QED) is 0.391. The van der Waals surface area contributed by atoms with Gasteiger partial charge in [0.25, 0.3) is 5.91 Å². The zero-order chi connectivity index (χ0) is 27.6. The van der Waals surface area contributed by atoms with E-state index < -0.39 is 29.7 Å². The molecule has 0 spiro atoms. The summed E-state index contributed by atoms with van der Waals surface area (Å²) in [6.45, 7) is 1.74. The summed E-state index contributed by atoms with van der Waals surface area (Å²) in [5, 5.41) is 11.7. The lowest BCUT2D eigenvalue weighted by atomic mass is 9.58. The Labute approximate surface area is 224 Å². The summed E-state index contributed by atoms with van der Waals surface area (Å²) in [6.07, 6.45) is 1.16. The number of hydrogen-bond donors (Lipinski definition) is 1. The van der Waals surface area contributed by atoms with Crippen LogP contribution >= 0.6 is 0 Å². The van der Waals surface area contributed by atoms with E-state index in [9.17, 15) is 22.4 Å². The second kappa shape index (κ2) is 9.15. The van der Waals surface area contributed by atoms with Crippen molar-refractivity contribution in [1.29, 1.82) is 0 Å². The second-order valence-electron chi connectivity index (χ2n) is 11.7. The van der Waals surface area contributed by atoms with Gasteiger partial charge in [-0.3, -0.25) is 9.18 Å². The number of rotatable bonds is 7. The van der Waals surface area contributed by atoms with Crippen molar-refractivity contribution in [3.63, 3.8) is 0 Å². The largest absolute Gasteiger partial charge is 0.416 e. The fourth-order valence-electron chi connectivity index (χ4n) is 6.50. The van der Waals surface area contributed by atoms with Gasteiger partial charge in [-0.15, -0.1) is 10.2 Å². The minimum absolute atomic E-state index is 0.000612. The molecule has 0 bridgehead atoms. The Hall–Kier alpha value is -3.27. The third-order valence-corrected chi connectivity index (χ3v) is 8.93. The van der Waals surface area contributed by atoms with E-state index in [1.165, 1.54) is 11.0 Å². The number of nitrogens with one attached hydrogen (secondary N) is 1. The van der Waals surface area contributed by atoms with Gasteiger partial charge in [0, 0.05) is 30.4 Å². The SMILES string of the molecule is Cn1cnnc1[C@]1(c2cccc(N3Cc4c(cc(CNC5(C)CCC5)cc4C(F)(F)F)C3=O)c2)C[C@H](CF)C1. The molecule has 3 aliphatic rings. The Morgan fingerprint density at radius 2 is 1.92 bits per heavy atom. The standard InChI is InChI=1S/C29H31F4N5O/c1-27(7-4-8-27)34-15-18-9-22-23(24(10-18)29(31,32)33)16-38(25(22)39)21-6-3-5-20(11-21)28(12-19(13-28)14-30)26-36-35-17-37(26)2/h3,5-6,9-11,17,19,34H,4,7-8,12-16H2,1-2H3/t19-,28+. The molecule has 2 aromatic carbocycles. The third-order valence-electron chi connectivity index (χ3n) is 8.93. The van der Waals surface area contributed by atoms with Crippen molar-refractivity contribution in [1.82, 2.24) is 20.1 Å². The number of alkyl halides is 4. The highest BCUT2D eigenvalue weighted by molar-refractivity contribution is 6.10. The Morgan fingerprint density at radius 1 is 1.15 bits per heavy atom. The van der Waals surface area contributed by atoms with Gasteiger partial charge >= 0.3 is 6.18 Å². The van der Waals surface area contributed by atoms with E-state index in [-0.39, 0.29) is 35.7 Å². The fourth-order valence-corrected chi connectivity index (χ4v) is 6.50. The summed E-state index contributed by atoms with van der Waals surface area (Å²) in [6, 6.07) is 10.0. The highest BCUT2D eigenvalue weighted by Gasteiger charge is 2.50. The first kappa shape index (κ1) is 26.0. The number of amides is 1. The lowest BCUT2D eigenvalue weighted by molar-refractivity contribution is -0.138. The average Bonchev–Trinajstić information content (AvgIpc) is 3.44. The summed E-state index contributed by atoms with van der Waals surface area (Å²) in [7, 11) is 1.83. The van der Waals surface area contributed by atoms with Gasteiger partial charge in [-0.05, 0) is 85.9 Å². The molecule has 3 aromatic rings. The van der Waals surface area contributed by atoms with E-state index in [1.807, 2.05) is 23.7 Å². The molecule has 1 aromatic heterocycles. The average molecular weight is 542 g/mol. The van der Waals surface area contributed by atoms with Crippen LogP contribution in [0.2, 0.25) is 0 Å². The van der Waals surface area contributed by atoms with Crippen LogP contribution in [0.4, 0.5) is 23.2 Å². The van der Waals surface area contributed by atoms with E-state index in [4.69, 9.17) is 0 Å². The van der Waals surface area contributed by atoms with Crippen molar-refractivity contribution in [2.75, 3.05) is 11.6 Å². The van der Waals surface area contributed by atoms with Gasteiger partial charge in [-0.1, -0.05) is 12.1 Å². The van der Waals surface area contributed by atoms with E-state index in [1.54, 1.807) is 24.5 Å². The van der Waals surface area contributed by atoms with Crippen molar-refractivity contribution < 1.29 is 22.4 Å². The lowest BCUT2D eigenvalue weighted by Gasteiger charge is -2.46. The number of fused-ring (bicyclic) bond motifs is 1. The van der Waals surface area contributed by atoms with E-state index >= 15 is 0 Å². The minimum Gasteiger partial charge on any atom is -0.320 e. The smallest absolute Gasteiger partial charge is 0.320 e. The normalized spacial score (nSPS) is 23.9. The molecule has 2 heterocycles. The van der Waals surface area contributed by atoms with Gasteiger partial charge < -0.3 is 14.8 Å². The van der Waals surface area contributed by atoms with Crippen molar-refractivity contribution in [2.45, 2.75) is 69.2 Å². The van der Waals surface area contributed by atoms with Crippen LogP contribution in [-0.4, -0.2) is 32.9 Å². The van der Waals surface area contributed by atoms with Crippen molar-refractivity contribution in [3.05, 3.63) is 76.4 Å². The molecule has 0 unspecified atom stereocenters. The second-order valence-corrected chi connectivity index (χ2v) is 11.7. The van der Waals surface area contributed by atoms with Gasteiger partial charge in [0.15, 0.2) is 0 Å². The van der Waals surface area contributed by atoms with Crippen LogP contribution in [0.1, 0.15) is 77.5 Å². The Balaban J connectivity index is 1.34. The van der Waals surface area contributed by atoms with Crippen LogP contribution in [0.15, 0.2) is 42.7 Å². The van der Waals surface area contributed by atoms with Crippen LogP contribution in [0, 0.1) is 5.92 Å². The molecule has 6 nitrogen and oxygen atoms in total. The first-order chi connectivity index (χ1) is 18.5. The number of carbonyl (C=O) groups excluding carboxylic acids is 1. The van der Waals surface area contributed by atoms with Crippen molar-refractivity contribution in [2.24, 2.45) is 13.0 Å². The van der Waals surface area contributed by atoms with Gasteiger partial charge in [0.1, 0.15) is 12.2 Å². The molecular formula is C29H31F4N5O. The molecule has 0 atom stereocenters. The Bertz CT molecular complexity index is 1420. The van der Waals surface area contributed by atoms with Gasteiger partial charge in [0.2, 0.25) is 0 Å². The van der Waals surface area contributed by atoms with E-state index in [0.717, 1.165) is 24.8 Å². The molecule has 0 saturated heterocycles. The number of carbonyl (C=O) groups is 1. The topological polar surface area (TPSA) is 63.1 Å². The number of halogens is 4. The molecular weight excluding hydrogens is 510 g/mol. The maximum absolute atomic E-state index is 14.2. The predicted octanol–water partition coefficient (Wildman–Crippen LogP) is 5.69. The molecule has 1 amide bonds. The molecule has 206 valence electrons. The lowest BCUT2D eigenvalue weighted by Crippen LogP contribution is -2.47. The van der Waals surface area contributed by atoms with Crippen LogP contribution in [0.3, 0.4) is 0 Å². The number of anilines is 1. The van der Waals surface area contributed by atoms with Crippen molar-refractivity contribution >= 4 is 11.6 Å². The molecule has 10 heteroatoms. The highest BCUT2D eigenvalue weighted by Crippen LogP contribution is 2.52. The monoisotopic (exact) mass is 541 g/mol. The first-order valence-electron chi connectivity index (χ1n) is 13.3. The molecule has 2 saturated carbocycles. The van der Waals surface area contributed by atoms with Crippen molar-refractivity contribution in [3.8, 4) is 0 Å². The molecule has 6 rings (SSSR count). The van der Waals surface area contributed by atoms with Crippen LogP contribution in [0.5, 0.6) is 0 Å². The number of aryl methyl sites for hydroxylation is 1. The Morgan fingerprint density at radius 3 is 2.54 bits per heavy atom. The maximum Gasteiger partial charge on any atom is 0.416 e. The predicted molar refractivity (Wildman–Crippen MR) is 138 cm³/mol. The molecule has 2 aliphatic carbocycles. The van der Waals surface area contributed by atoms with Gasteiger partial charge in [-0.25, -0.2) is 0 Å². The summed E-state index contributed by atoms with van der Waals surface area (Å²) in [5.74, 6) is 0.149. The maximum atomic E-state index is 14.2. The van der Waals surface area contributed by atoms with Crippen LogP contribution in [-0.2, 0) is 31.7 Å². The summed E-state index contributed by atoms with van der Waals surface area (Å²) < 4.78 is 57.8. The zero-order valence-electron chi connectivity index (χ0n) is 22.0. The molecule has 39 heavy (non-hydrogen) atoms. The van der Waals surface area contributed by atoms with E-state index in [0.29, 0.717) is 29.9 Å². The zero-order valence-corrected chi connectivity index (χ0v) is 22.0. The highest BCUT2D eigenvalue weighted by atomic mass is 19.4.